The first kappa shape index (κ1) is 11.9. The molecule has 0 bridgehead atoms. The Balaban J connectivity index is 1.93. The molecular formula is C11H11ClN2O3. The molecule has 1 aromatic heterocycles. The summed E-state index contributed by atoms with van der Waals surface area (Å²) in [6.07, 6.45) is 0.351. The van der Waals surface area contributed by atoms with Gasteiger partial charge in [0.25, 0.3) is 5.89 Å². The van der Waals surface area contributed by atoms with Crippen molar-refractivity contribution in [3.05, 3.63) is 41.1 Å². The van der Waals surface area contributed by atoms with Crippen LogP contribution in [0.5, 0.6) is 5.75 Å². The second kappa shape index (κ2) is 5.65. The minimum absolute atomic E-state index is 0.0171. The maximum absolute atomic E-state index is 8.69. The number of hydrogen-bond donors (Lipinski definition) is 1. The lowest BCUT2D eigenvalue weighted by Crippen LogP contribution is -1.95. The summed E-state index contributed by atoms with van der Waals surface area (Å²) < 4.78 is 10.7. The molecule has 2 aromatic rings. The van der Waals surface area contributed by atoms with Gasteiger partial charge in [0.05, 0.1) is 6.61 Å². The lowest BCUT2D eigenvalue weighted by Gasteiger charge is -2.02. The smallest absolute Gasteiger partial charge is 0.253 e. The molecule has 1 N–H and O–H groups in total. The summed E-state index contributed by atoms with van der Waals surface area (Å²) in [6.45, 7) is 0.162. The Bertz CT molecular complexity index is 487. The molecule has 0 unspecified atom stereocenters. The van der Waals surface area contributed by atoms with Gasteiger partial charge in [-0.2, -0.15) is 0 Å². The summed E-state index contributed by atoms with van der Waals surface area (Å²) in [5, 5.41) is 16.8. The van der Waals surface area contributed by atoms with E-state index in [1.807, 2.05) is 0 Å². The van der Waals surface area contributed by atoms with E-state index in [-0.39, 0.29) is 13.2 Å². The molecule has 90 valence electrons. The molecule has 0 aliphatic heterocycles. The van der Waals surface area contributed by atoms with Crippen molar-refractivity contribution in [2.45, 2.75) is 13.0 Å². The van der Waals surface area contributed by atoms with Gasteiger partial charge in [-0.15, -0.1) is 10.2 Å². The Morgan fingerprint density at radius 3 is 2.88 bits per heavy atom. The number of aliphatic hydroxyl groups excluding tert-OH is 1. The Labute approximate surface area is 103 Å². The van der Waals surface area contributed by atoms with E-state index in [0.29, 0.717) is 29.0 Å². The van der Waals surface area contributed by atoms with Crippen molar-refractivity contribution in [3.8, 4) is 5.75 Å². The van der Waals surface area contributed by atoms with E-state index in [2.05, 4.69) is 10.2 Å². The van der Waals surface area contributed by atoms with Gasteiger partial charge in [-0.25, -0.2) is 0 Å². The standard InChI is InChI=1S/C11H11ClN2O3/c12-8-2-1-3-9(6-8)16-7-11-14-13-10(17-11)4-5-15/h1-3,6,15H,4-5,7H2. The first-order valence-electron chi connectivity index (χ1n) is 5.08. The van der Waals surface area contributed by atoms with Crippen molar-refractivity contribution in [2.75, 3.05) is 6.61 Å². The average Bonchev–Trinajstić information content (AvgIpc) is 2.75. The molecule has 0 aliphatic carbocycles. The highest BCUT2D eigenvalue weighted by molar-refractivity contribution is 6.30. The first-order valence-corrected chi connectivity index (χ1v) is 5.46. The van der Waals surface area contributed by atoms with Crippen molar-refractivity contribution < 1.29 is 14.3 Å². The number of rotatable bonds is 5. The van der Waals surface area contributed by atoms with E-state index in [9.17, 15) is 0 Å². The lowest BCUT2D eigenvalue weighted by molar-refractivity contribution is 0.250. The number of benzene rings is 1. The highest BCUT2D eigenvalue weighted by Gasteiger charge is 2.06. The Kier molecular flexibility index (Phi) is 3.95. The molecule has 0 aliphatic rings. The summed E-state index contributed by atoms with van der Waals surface area (Å²) in [5.74, 6) is 1.41. The second-order valence-corrected chi connectivity index (χ2v) is 3.75. The third kappa shape index (κ3) is 3.44. The van der Waals surface area contributed by atoms with Gasteiger partial charge in [0.1, 0.15) is 5.75 Å². The summed E-state index contributed by atoms with van der Waals surface area (Å²) in [5.41, 5.74) is 0. The lowest BCUT2D eigenvalue weighted by atomic mass is 10.3. The fraction of sp³-hybridized carbons (Fsp3) is 0.273. The number of hydrogen-bond acceptors (Lipinski definition) is 5. The van der Waals surface area contributed by atoms with E-state index in [4.69, 9.17) is 25.9 Å². The van der Waals surface area contributed by atoms with Crippen LogP contribution < -0.4 is 4.74 Å². The van der Waals surface area contributed by atoms with Crippen LogP contribution in [0.25, 0.3) is 0 Å². The van der Waals surface area contributed by atoms with Crippen molar-refractivity contribution >= 4 is 11.6 Å². The highest BCUT2D eigenvalue weighted by atomic mass is 35.5. The zero-order chi connectivity index (χ0) is 12.1. The van der Waals surface area contributed by atoms with Gasteiger partial charge < -0.3 is 14.3 Å². The fourth-order valence-electron chi connectivity index (χ4n) is 1.25. The molecule has 0 saturated carbocycles. The van der Waals surface area contributed by atoms with Crippen LogP contribution in [-0.4, -0.2) is 21.9 Å². The monoisotopic (exact) mass is 254 g/mol. The van der Waals surface area contributed by atoms with Crippen molar-refractivity contribution in [1.82, 2.24) is 10.2 Å². The van der Waals surface area contributed by atoms with Gasteiger partial charge in [0.15, 0.2) is 6.61 Å². The maximum atomic E-state index is 8.69. The molecule has 0 radical (unpaired) electrons. The zero-order valence-corrected chi connectivity index (χ0v) is 9.72. The van der Waals surface area contributed by atoms with Gasteiger partial charge in [-0.3, -0.25) is 0 Å². The van der Waals surface area contributed by atoms with Crippen LogP contribution in [0, 0.1) is 0 Å². The van der Waals surface area contributed by atoms with Crippen LogP contribution in [0.2, 0.25) is 5.02 Å². The number of aliphatic hydroxyl groups is 1. The van der Waals surface area contributed by atoms with Gasteiger partial charge in [-0.1, -0.05) is 17.7 Å². The number of aromatic nitrogens is 2. The Hall–Kier alpha value is -1.59. The molecule has 0 fully saturated rings. The van der Waals surface area contributed by atoms with Crippen LogP contribution >= 0.6 is 11.6 Å². The minimum atomic E-state index is -0.0171. The summed E-state index contributed by atoms with van der Waals surface area (Å²) in [7, 11) is 0. The molecule has 0 amide bonds. The number of halogens is 1. The molecule has 1 aromatic carbocycles. The molecule has 17 heavy (non-hydrogen) atoms. The van der Waals surface area contributed by atoms with Crippen molar-refractivity contribution in [2.24, 2.45) is 0 Å². The van der Waals surface area contributed by atoms with Crippen LogP contribution in [0.15, 0.2) is 28.7 Å². The van der Waals surface area contributed by atoms with Crippen molar-refractivity contribution in [3.63, 3.8) is 0 Å². The van der Waals surface area contributed by atoms with Gasteiger partial charge >= 0.3 is 0 Å². The number of ether oxygens (including phenoxy) is 1. The third-order valence-electron chi connectivity index (χ3n) is 1.99. The zero-order valence-electron chi connectivity index (χ0n) is 8.97. The summed E-state index contributed by atoms with van der Waals surface area (Å²) in [4.78, 5) is 0. The Morgan fingerprint density at radius 1 is 1.29 bits per heavy atom. The van der Waals surface area contributed by atoms with Crippen LogP contribution in [0.3, 0.4) is 0 Å². The van der Waals surface area contributed by atoms with E-state index >= 15 is 0 Å². The maximum Gasteiger partial charge on any atom is 0.253 e. The minimum Gasteiger partial charge on any atom is -0.484 e. The third-order valence-corrected chi connectivity index (χ3v) is 2.23. The summed E-state index contributed by atoms with van der Waals surface area (Å²) in [6, 6.07) is 7.05. The fourth-order valence-corrected chi connectivity index (χ4v) is 1.43. The predicted octanol–water partition coefficient (Wildman–Crippen LogP) is 1.84. The SMILES string of the molecule is OCCc1nnc(COc2cccc(Cl)c2)o1. The second-order valence-electron chi connectivity index (χ2n) is 3.31. The predicted molar refractivity (Wildman–Crippen MR) is 60.9 cm³/mol. The molecule has 1 heterocycles. The van der Waals surface area contributed by atoms with E-state index in [0.717, 1.165) is 0 Å². The number of nitrogens with zero attached hydrogens (tertiary/aromatic N) is 2. The average molecular weight is 255 g/mol. The Morgan fingerprint density at radius 2 is 2.12 bits per heavy atom. The normalized spacial score (nSPS) is 10.5. The van der Waals surface area contributed by atoms with E-state index in [1.54, 1.807) is 24.3 Å². The van der Waals surface area contributed by atoms with Crippen LogP contribution in [0.4, 0.5) is 0 Å². The molecule has 0 saturated heterocycles. The molecule has 6 heteroatoms. The summed E-state index contributed by atoms with van der Waals surface area (Å²) >= 11 is 5.81. The molecule has 0 spiro atoms. The van der Waals surface area contributed by atoms with E-state index < -0.39 is 0 Å². The topological polar surface area (TPSA) is 68.4 Å². The molecule has 5 nitrogen and oxygen atoms in total. The van der Waals surface area contributed by atoms with Crippen LogP contribution in [0.1, 0.15) is 11.8 Å². The van der Waals surface area contributed by atoms with Gasteiger partial charge in [0.2, 0.25) is 5.89 Å². The molecule has 2 rings (SSSR count). The van der Waals surface area contributed by atoms with Gasteiger partial charge in [-0.05, 0) is 18.2 Å². The highest BCUT2D eigenvalue weighted by Crippen LogP contribution is 2.18. The van der Waals surface area contributed by atoms with Crippen LogP contribution in [-0.2, 0) is 13.0 Å². The first-order chi connectivity index (χ1) is 8.28. The van der Waals surface area contributed by atoms with Gasteiger partial charge in [0, 0.05) is 11.4 Å². The quantitative estimate of drug-likeness (QED) is 0.882. The largest absolute Gasteiger partial charge is 0.484 e. The van der Waals surface area contributed by atoms with E-state index in [1.165, 1.54) is 0 Å². The van der Waals surface area contributed by atoms with Crippen molar-refractivity contribution in [1.29, 1.82) is 0 Å². The molecular weight excluding hydrogens is 244 g/mol. The molecule has 0 atom stereocenters.